The number of Topliss-reactive ketones (excluding diaryl/α,β-unsaturated/α-hetero) is 1. The van der Waals surface area contributed by atoms with Gasteiger partial charge < -0.3 is 9.84 Å². The Morgan fingerprint density at radius 1 is 1.29 bits per heavy atom. The van der Waals surface area contributed by atoms with Crippen molar-refractivity contribution in [3.8, 4) is 0 Å². The van der Waals surface area contributed by atoms with Crippen molar-refractivity contribution >= 4 is 11.8 Å². The van der Waals surface area contributed by atoms with Gasteiger partial charge in [-0.05, 0) is 12.0 Å². The van der Waals surface area contributed by atoms with E-state index in [9.17, 15) is 14.7 Å². The van der Waals surface area contributed by atoms with Gasteiger partial charge in [-0.2, -0.15) is 0 Å². The van der Waals surface area contributed by atoms with E-state index >= 15 is 0 Å². The molecule has 0 bridgehead atoms. The van der Waals surface area contributed by atoms with Gasteiger partial charge in [0.15, 0.2) is 5.78 Å². The van der Waals surface area contributed by atoms with Crippen molar-refractivity contribution in [2.45, 2.75) is 12.8 Å². The molecule has 0 amide bonds. The zero-order valence-electron chi connectivity index (χ0n) is 9.18. The molecule has 1 aliphatic rings. The van der Waals surface area contributed by atoms with Crippen molar-refractivity contribution in [1.29, 1.82) is 0 Å². The third-order valence-electron chi connectivity index (χ3n) is 2.60. The van der Waals surface area contributed by atoms with Crippen LogP contribution in [0.3, 0.4) is 0 Å². The summed E-state index contributed by atoms with van der Waals surface area (Å²) in [5.41, 5.74) is 0.827. The Balaban J connectivity index is 1.99. The third kappa shape index (κ3) is 2.53. The summed E-state index contributed by atoms with van der Waals surface area (Å²) in [5, 5.41) is 9.34. The van der Waals surface area contributed by atoms with E-state index in [2.05, 4.69) is 4.74 Å². The molecule has 1 aromatic carbocycles. The maximum Gasteiger partial charge on any atom is 0.345 e. The molecule has 1 heterocycles. The zero-order chi connectivity index (χ0) is 12.3. The molecule has 0 spiro atoms. The fourth-order valence-electron chi connectivity index (χ4n) is 1.70. The molecular weight excluding hydrogens is 220 g/mol. The van der Waals surface area contributed by atoms with Crippen LogP contribution in [0.2, 0.25) is 0 Å². The van der Waals surface area contributed by atoms with E-state index in [4.69, 9.17) is 0 Å². The minimum absolute atomic E-state index is 0.189. The van der Waals surface area contributed by atoms with Gasteiger partial charge in [0.2, 0.25) is 0 Å². The number of cyclic esters (lactones) is 1. The third-order valence-corrected chi connectivity index (χ3v) is 2.60. The number of hydrogen-bond acceptors (Lipinski definition) is 4. The molecule has 0 saturated heterocycles. The largest absolute Gasteiger partial charge is 0.508 e. The van der Waals surface area contributed by atoms with E-state index in [0.29, 0.717) is 6.42 Å². The van der Waals surface area contributed by atoms with E-state index in [1.165, 1.54) is 0 Å². The van der Waals surface area contributed by atoms with E-state index in [1.54, 1.807) is 0 Å². The van der Waals surface area contributed by atoms with Crippen LogP contribution in [0, 0.1) is 0 Å². The number of ether oxygens (including phenoxy) is 1. The average Bonchev–Trinajstić information content (AvgIpc) is 2.67. The summed E-state index contributed by atoms with van der Waals surface area (Å²) >= 11 is 0. The lowest BCUT2D eigenvalue weighted by Gasteiger charge is -2.00. The number of aliphatic hydroxyl groups is 1. The second-order valence-corrected chi connectivity index (χ2v) is 3.81. The first kappa shape index (κ1) is 11.4. The fourth-order valence-corrected chi connectivity index (χ4v) is 1.70. The summed E-state index contributed by atoms with van der Waals surface area (Å²) in [6, 6.07) is 9.50. The number of hydrogen-bond donors (Lipinski definition) is 1. The molecule has 0 unspecified atom stereocenters. The summed E-state index contributed by atoms with van der Waals surface area (Å²) < 4.78 is 4.57. The average molecular weight is 232 g/mol. The summed E-state index contributed by atoms with van der Waals surface area (Å²) in [6.45, 7) is -0.189. The molecule has 0 aromatic heterocycles. The Kier molecular flexibility index (Phi) is 3.23. The molecular formula is C13H12O4. The van der Waals surface area contributed by atoms with Crippen LogP contribution in [0.15, 0.2) is 41.7 Å². The van der Waals surface area contributed by atoms with E-state index in [1.807, 2.05) is 30.3 Å². The summed E-state index contributed by atoms with van der Waals surface area (Å²) in [6.07, 6.45) is 0.738. The fraction of sp³-hybridized carbons (Fsp3) is 0.231. The monoisotopic (exact) mass is 232 g/mol. The van der Waals surface area contributed by atoms with Crippen molar-refractivity contribution in [2.24, 2.45) is 0 Å². The second kappa shape index (κ2) is 4.82. The van der Waals surface area contributed by atoms with Gasteiger partial charge in [0.25, 0.3) is 0 Å². The molecule has 0 atom stereocenters. The molecule has 0 aliphatic carbocycles. The van der Waals surface area contributed by atoms with Crippen molar-refractivity contribution in [1.82, 2.24) is 0 Å². The Morgan fingerprint density at radius 2 is 2.00 bits per heavy atom. The number of benzene rings is 1. The number of aryl methyl sites for hydroxylation is 1. The maximum atomic E-state index is 11.7. The second-order valence-electron chi connectivity index (χ2n) is 3.81. The first-order valence-electron chi connectivity index (χ1n) is 5.35. The van der Waals surface area contributed by atoms with Crippen LogP contribution in [0.5, 0.6) is 0 Å². The van der Waals surface area contributed by atoms with Gasteiger partial charge >= 0.3 is 5.97 Å². The smallest absolute Gasteiger partial charge is 0.345 e. The topological polar surface area (TPSA) is 63.6 Å². The normalized spacial score (nSPS) is 14.9. The highest BCUT2D eigenvalue weighted by molar-refractivity contribution is 6.18. The van der Waals surface area contributed by atoms with E-state index in [-0.39, 0.29) is 30.1 Å². The highest BCUT2D eigenvalue weighted by atomic mass is 16.5. The van der Waals surface area contributed by atoms with E-state index in [0.717, 1.165) is 5.56 Å². The number of rotatable bonds is 4. The molecule has 1 aliphatic heterocycles. The first-order chi connectivity index (χ1) is 8.18. The molecule has 1 aromatic rings. The SMILES string of the molecule is O=C(CCc1ccccc1)C1=C(O)COC1=O. The summed E-state index contributed by atoms with van der Waals surface area (Å²) in [5.74, 6) is -1.34. The molecule has 1 N–H and O–H groups in total. The number of aliphatic hydroxyl groups excluding tert-OH is 1. The molecule has 0 radical (unpaired) electrons. The van der Waals surface area contributed by atoms with Crippen molar-refractivity contribution in [3.63, 3.8) is 0 Å². The van der Waals surface area contributed by atoms with Gasteiger partial charge in [0, 0.05) is 6.42 Å². The van der Waals surface area contributed by atoms with Gasteiger partial charge in [-0.1, -0.05) is 30.3 Å². The lowest BCUT2D eigenvalue weighted by Crippen LogP contribution is -2.11. The molecule has 4 nitrogen and oxygen atoms in total. The maximum absolute atomic E-state index is 11.7. The summed E-state index contributed by atoms with van der Waals surface area (Å²) in [7, 11) is 0. The lowest BCUT2D eigenvalue weighted by molar-refractivity contribution is -0.137. The summed E-state index contributed by atoms with van der Waals surface area (Å²) in [4.78, 5) is 22.9. The van der Waals surface area contributed by atoms with Crippen LogP contribution >= 0.6 is 0 Å². The first-order valence-corrected chi connectivity index (χ1v) is 5.35. The molecule has 0 saturated carbocycles. The molecule has 0 fully saturated rings. The van der Waals surface area contributed by atoms with Crippen LogP contribution in [0.1, 0.15) is 12.0 Å². The minimum atomic E-state index is -0.722. The Hall–Kier alpha value is -2.10. The minimum Gasteiger partial charge on any atom is -0.508 e. The molecule has 88 valence electrons. The Labute approximate surface area is 98.5 Å². The van der Waals surface area contributed by atoms with Crippen molar-refractivity contribution in [3.05, 3.63) is 47.2 Å². The Morgan fingerprint density at radius 3 is 2.59 bits per heavy atom. The molecule has 17 heavy (non-hydrogen) atoms. The number of carbonyl (C=O) groups is 2. The number of esters is 1. The highest BCUT2D eigenvalue weighted by Crippen LogP contribution is 2.17. The standard InChI is InChI=1S/C13H12O4/c14-10(12-11(15)8-17-13(12)16)7-6-9-4-2-1-3-5-9/h1-5,15H,6-8H2. The number of carbonyl (C=O) groups excluding carboxylic acids is 2. The van der Waals surface area contributed by atoms with Gasteiger partial charge in [0.05, 0.1) is 0 Å². The number of ketones is 1. The molecule has 2 rings (SSSR count). The van der Waals surface area contributed by atoms with Gasteiger partial charge in [-0.15, -0.1) is 0 Å². The predicted molar refractivity (Wildman–Crippen MR) is 60.4 cm³/mol. The zero-order valence-corrected chi connectivity index (χ0v) is 9.18. The van der Waals surface area contributed by atoms with Crippen LogP contribution < -0.4 is 0 Å². The van der Waals surface area contributed by atoms with Crippen LogP contribution in [0.25, 0.3) is 0 Å². The van der Waals surface area contributed by atoms with Gasteiger partial charge in [0.1, 0.15) is 17.9 Å². The van der Waals surface area contributed by atoms with Crippen molar-refractivity contribution in [2.75, 3.05) is 6.61 Å². The van der Waals surface area contributed by atoms with Crippen LogP contribution in [-0.4, -0.2) is 23.5 Å². The van der Waals surface area contributed by atoms with Crippen molar-refractivity contribution < 1.29 is 19.4 Å². The lowest BCUT2D eigenvalue weighted by atomic mass is 10.0. The van der Waals surface area contributed by atoms with Gasteiger partial charge in [-0.3, -0.25) is 4.79 Å². The quantitative estimate of drug-likeness (QED) is 0.632. The van der Waals surface area contributed by atoms with Gasteiger partial charge in [-0.25, -0.2) is 4.79 Å². The highest BCUT2D eigenvalue weighted by Gasteiger charge is 2.30. The van der Waals surface area contributed by atoms with Crippen LogP contribution in [0.4, 0.5) is 0 Å². The molecule has 4 heteroatoms. The predicted octanol–water partition coefficient (Wildman–Crippen LogP) is 1.56. The Bertz CT molecular complexity index is 473. The van der Waals surface area contributed by atoms with Crippen LogP contribution in [-0.2, 0) is 20.7 Å². The van der Waals surface area contributed by atoms with E-state index < -0.39 is 5.97 Å².